The molecule has 1 aromatic rings. The summed E-state index contributed by atoms with van der Waals surface area (Å²) in [6, 6.07) is 0. The second-order valence-corrected chi connectivity index (χ2v) is 3.36. The topological polar surface area (TPSA) is 68.7 Å². The van der Waals surface area contributed by atoms with Gasteiger partial charge in [0.15, 0.2) is 5.75 Å². The molecule has 5 heteroatoms. The van der Waals surface area contributed by atoms with E-state index in [1.54, 1.807) is 13.1 Å². The van der Waals surface area contributed by atoms with Crippen LogP contribution in [0.1, 0.15) is 23.7 Å². The highest BCUT2D eigenvalue weighted by atomic mass is 16.5. The lowest BCUT2D eigenvalue weighted by Crippen LogP contribution is -2.09. The van der Waals surface area contributed by atoms with E-state index in [0.717, 1.165) is 0 Å². The molecule has 0 unspecified atom stereocenters. The van der Waals surface area contributed by atoms with Gasteiger partial charge in [0, 0.05) is 31.4 Å². The van der Waals surface area contributed by atoms with Gasteiger partial charge in [-0.05, 0) is 6.92 Å². The van der Waals surface area contributed by atoms with Gasteiger partial charge in [0.1, 0.15) is 0 Å². The van der Waals surface area contributed by atoms with Gasteiger partial charge in [0.2, 0.25) is 0 Å². The molecule has 0 saturated heterocycles. The van der Waals surface area contributed by atoms with Crippen LogP contribution in [0.4, 0.5) is 0 Å². The number of hydrogen-bond acceptors (Lipinski definition) is 5. The second kappa shape index (κ2) is 5.58. The number of aryl methyl sites for hydroxylation is 1. The lowest BCUT2D eigenvalue weighted by molar-refractivity contribution is -0.132. The summed E-state index contributed by atoms with van der Waals surface area (Å²) in [4.78, 5) is 15.0. The second-order valence-electron chi connectivity index (χ2n) is 3.36. The highest BCUT2D eigenvalue weighted by Crippen LogP contribution is 2.26. The van der Waals surface area contributed by atoms with Crippen molar-refractivity contribution >= 4 is 5.97 Å². The molecule has 16 heavy (non-hydrogen) atoms. The Morgan fingerprint density at radius 3 is 2.75 bits per heavy atom. The Kier molecular flexibility index (Phi) is 4.39. The van der Waals surface area contributed by atoms with E-state index in [-0.39, 0.29) is 13.2 Å². The van der Waals surface area contributed by atoms with Crippen molar-refractivity contribution in [3.63, 3.8) is 0 Å². The van der Waals surface area contributed by atoms with Crippen LogP contribution >= 0.6 is 0 Å². The lowest BCUT2D eigenvalue weighted by atomic mass is 10.1. The van der Waals surface area contributed by atoms with Crippen molar-refractivity contribution in [2.45, 2.75) is 27.1 Å². The molecule has 0 bridgehead atoms. The van der Waals surface area contributed by atoms with Crippen molar-refractivity contribution in [2.24, 2.45) is 0 Å². The first kappa shape index (κ1) is 12.6. The molecule has 0 atom stereocenters. The number of methoxy groups -OCH3 is 1. The summed E-state index contributed by atoms with van der Waals surface area (Å²) in [6.07, 6.45) is 1.55. The fraction of sp³-hybridized carbons (Fsp3) is 0.455. The van der Waals surface area contributed by atoms with Crippen molar-refractivity contribution in [3.05, 3.63) is 23.0 Å². The monoisotopic (exact) mass is 225 g/mol. The van der Waals surface area contributed by atoms with Crippen LogP contribution in [0.3, 0.4) is 0 Å². The Morgan fingerprint density at radius 2 is 2.25 bits per heavy atom. The Hall–Kier alpha value is -1.46. The summed E-state index contributed by atoms with van der Waals surface area (Å²) in [6.45, 7) is 3.16. The number of nitrogens with zero attached hydrogens (tertiary/aromatic N) is 1. The molecule has 1 N–H and O–H groups in total. The van der Waals surface area contributed by atoms with Gasteiger partial charge in [-0.3, -0.25) is 9.78 Å². The first-order valence-corrected chi connectivity index (χ1v) is 4.85. The fourth-order valence-corrected chi connectivity index (χ4v) is 1.39. The van der Waals surface area contributed by atoms with Crippen molar-refractivity contribution in [1.82, 2.24) is 4.98 Å². The Balaban J connectivity index is 3.23. The molecule has 0 aliphatic rings. The Bertz CT molecular complexity index is 390. The molecule has 0 saturated carbocycles. The van der Waals surface area contributed by atoms with Crippen LogP contribution in [0.5, 0.6) is 5.75 Å². The van der Waals surface area contributed by atoms with Gasteiger partial charge in [-0.25, -0.2) is 0 Å². The zero-order valence-corrected chi connectivity index (χ0v) is 9.61. The van der Waals surface area contributed by atoms with E-state index in [1.165, 1.54) is 14.0 Å². The highest BCUT2D eigenvalue weighted by Gasteiger charge is 2.14. The number of pyridine rings is 1. The molecule has 1 heterocycles. The maximum atomic E-state index is 11.0. The van der Waals surface area contributed by atoms with E-state index >= 15 is 0 Å². The van der Waals surface area contributed by atoms with Gasteiger partial charge in [-0.15, -0.1) is 0 Å². The van der Waals surface area contributed by atoms with Crippen LogP contribution in [-0.4, -0.2) is 23.2 Å². The first-order chi connectivity index (χ1) is 7.60. The number of rotatable bonds is 4. The summed E-state index contributed by atoms with van der Waals surface area (Å²) in [5.41, 5.74) is 1.86. The van der Waals surface area contributed by atoms with Gasteiger partial charge in [0.05, 0.1) is 18.9 Å². The van der Waals surface area contributed by atoms with Crippen molar-refractivity contribution in [3.8, 4) is 5.75 Å². The molecular formula is C11H15NO4. The summed E-state index contributed by atoms with van der Waals surface area (Å²) >= 11 is 0. The van der Waals surface area contributed by atoms with Gasteiger partial charge < -0.3 is 14.6 Å². The molecule has 0 amide bonds. The largest absolute Gasteiger partial charge is 0.424 e. The summed E-state index contributed by atoms with van der Waals surface area (Å²) in [5, 5.41) is 9.16. The zero-order chi connectivity index (χ0) is 12.1. The van der Waals surface area contributed by atoms with Gasteiger partial charge in [0.25, 0.3) is 0 Å². The van der Waals surface area contributed by atoms with E-state index in [9.17, 15) is 4.79 Å². The number of esters is 1. The van der Waals surface area contributed by atoms with Gasteiger partial charge in [-0.1, -0.05) is 0 Å². The van der Waals surface area contributed by atoms with Crippen LogP contribution in [0.15, 0.2) is 6.20 Å². The number of hydrogen-bond donors (Lipinski definition) is 1. The summed E-state index contributed by atoms with van der Waals surface area (Å²) in [7, 11) is 1.54. The van der Waals surface area contributed by atoms with Gasteiger partial charge >= 0.3 is 5.97 Å². The standard InChI is InChI=1S/C11H15NO4/c1-7-11(16-8(2)14)10(6-15-3)9(5-13)4-12-7/h4,13H,5-6H2,1-3H3. The van der Waals surface area contributed by atoms with E-state index in [0.29, 0.717) is 22.6 Å². The molecule has 0 aliphatic heterocycles. The number of aromatic nitrogens is 1. The molecule has 1 rings (SSSR count). The number of aliphatic hydroxyl groups excluding tert-OH is 1. The normalized spacial score (nSPS) is 10.2. The number of aliphatic hydroxyl groups is 1. The van der Waals surface area contributed by atoms with E-state index < -0.39 is 5.97 Å². The highest BCUT2D eigenvalue weighted by molar-refractivity contribution is 5.70. The first-order valence-electron chi connectivity index (χ1n) is 4.85. The maximum absolute atomic E-state index is 11.0. The van der Waals surface area contributed by atoms with E-state index in [4.69, 9.17) is 14.6 Å². The molecule has 0 radical (unpaired) electrons. The molecule has 0 aliphatic carbocycles. The number of ether oxygens (including phenoxy) is 2. The molecule has 0 spiro atoms. The van der Waals surface area contributed by atoms with Crippen molar-refractivity contribution < 1.29 is 19.4 Å². The zero-order valence-electron chi connectivity index (χ0n) is 9.61. The lowest BCUT2D eigenvalue weighted by Gasteiger charge is -2.13. The molecule has 1 aromatic heterocycles. The SMILES string of the molecule is COCc1c(CO)cnc(C)c1OC(C)=O. The Labute approximate surface area is 94.0 Å². The molecular weight excluding hydrogens is 210 g/mol. The van der Waals surface area contributed by atoms with E-state index in [2.05, 4.69) is 4.98 Å². The van der Waals surface area contributed by atoms with Gasteiger partial charge in [-0.2, -0.15) is 0 Å². The third-order valence-corrected chi connectivity index (χ3v) is 2.11. The predicted octanol–water partition coefficient (Wildman–Crippen LogP) is 0.954. The average molecular weight is 225 g/mol. The van der Waals surface area contributed by atoms with E-state index in [1.807, 2.05) is 0 Å². The van der Waals surface area contributed by atoms with Crippen molar-refractivity contribution in [1.29, 1.82) is 0 Å². The van der Waals surface area contributed by atoms with Crippen LogP contribution in [-0.2, 0) is 22.7 Å². The minimum Gasteiger partial charge on any atom is -0.424 e. The fourth-order valence-electron chi connectivity index (χ4n) is 1.39. The van der Waals surface area contributed by atoms with Crippen LogP contribution in [0, 0.1) is 6.92 Å². The summed E-state index contributed by atoms with van der Waals surface area (Å²) < 4.78 is 10.1. The molecule has 5 nitrogen and oxygen atoms in total. The predicted molar refractivity (Wildman–Crippen MR) is 56.9 cm³/mol. The summed E-state index contributed by atoms with van der Waals surface area (Å²) in [5.74, 6) is -0.0433. The molecule has 0 fully saturated rings. The Morgan fingerprint density at radius 1 is 1.56 bits per heavy atom. The minimum absolute atomic E-state index is 0.166. The molecule has 0 aromatic carbocycles. The number of carbonyl (C=O) groups excluding carboxylic acids is 1. The van der Waals surface area contributed by atoms with Crippen LogP contribution in [0.2, 0.25) is 0 Å². The maximum Gasteiger partial charge on any atom is 0.308 e. The van der Waals surface area contributed by atoms with Crippen molar-refractivity contribution in [2.75, 3.05) is 7.11 Å². The quantitative estimate of drug-likeness (QED) is 0.773. The smallest absolute Gasteiger partial charge is 0.308 e. The molecule has 88 valence electrons. The third-order valence-electron chi connectivity index (χ3n) is 2.11. The average Bonchev–Trinajstić information content (AvgIpc) is 2.23. The minimum atomic E-state index is -0.419. The third kappa shape index (κ3) is 2.77. The van der Waals surface area contributed by atoms with Crippen LogP contribution in [0.25, 0.3) is 0 Å². The van der Waals surface area contributed by atoms with Crippen LogP contribution < -0.4 is 4.74 Å². The number of carbonyl (C=O) groups is 1.